The summed E-state index contributed by atoms with van der Waals surface area (Å²) in [6.07, 6.45) is 5.44. The van der Waals surface area contributed by atoms with Crippen LogP contribution in [0.1, 0.15) is 41.6 Å². The number of carboxylic acid groups (broad SMARTS) is 1. The van der Waals surface area contributed by atoms with Crippen molar-refractivity contribution in [3.63, 3.8) is 0 Å². The van der Waals surface area contributed by atoms with E-state index >= 15 is 0 Å². The fourth-order valence-corrected chi connectivity index (χ4v) is 4.03. The van der Waals surface area contributed by atoms with Crippen LogP contribution in [0.4, 0.5) is 0 Å². The lowest BCUT2D eigenvalue weighted by Gasteiger charge is -2.18. The molecule has 1 aliphatic carbocycles. The molecule has 1 aromatic heterocycles. The van der Waals surface area contributed by atoms with Crippen molar-refractivity contribution < 1.29 is 9.90 Å². The highest BCUT2D eigenvalue weighted by Crippen LogP contribution is 2.34. The number of fused-ring (bicyclic) bond motifs is 1. The number of benzene rings is 2. The molecule has 4 rings (SSSR count). The zero-order chi connectivity index (χ0) is 18.8. The number of nitrogens with zero attached hydrogens (tertiary/aromatic N) is 1. The Morgan fingerprint density at radius 3 is 2.59 bits per heavy atom. The van der Waals surface area contributed by atoms with E-state index in [4.69, 9.17) is 5.11 Å². The summed E-state index contributed by atoms with van der Waals surface area (Å²) >= 11 is 0. The Morgan fingerprint density at radius 1 is 1.04 bits per heavy atom. The first kappa shape index (κ1) is 17.6. The van der Waals surface area contributed by atoms with E-state index in [1.807, 2.05) is 12.1 Å². The third kappa shape index (κ3) is 3.68. The Kier molecular flexibility index (Phi) is 4.85. The summed E-state index contributed by atoms with van der Waals surface area (Å²) in [6, 6.07) is 19.4. The Bertz CT molecular complexity index is 967. The lowest BCUT2D eigenvalue weighted by atomic mass is 9.97. The Balaban J connectivity index is 1.81. The molecule has 0 unspecified atom stereocenters. The molecule has 0 fully saturated rings. The molecule has 27 heavy (non-hydrogen) atoms. The number of aryl methyl sites for hydroxylation is 3. The maximum Gasteiger partial charge on any atom is 0.303 e. The van der Waals surface area contributed by atoms with Crippen LogP contribution in [0.3, 0.4) is 0 Å². The van der Waals surface area contributed by atoms with Crippen LogP contribution in [0.5, 0.6) is 0 Å². The van der Waals surface area contributed by atoms with Gasteiger partial charge in [-0.05, 0) is 73.9 Å². The third-order valence-corrected chi connectivity index (χ3v) is 5.45. The maximum atomic E-state index is 10.9. The smallest absolute Gasteiger partial charge is 0.303 e. The van der Waals surface area contributed by atoms with Gasteiger partial charge in [0.1, 0.15) is 0 Å². The fraction of sp³-hybridized carbons (Fsp3) is 0.292. The molecule has 0 saturated heterocycles. The van der Waals surface area contributed by atoms with Crippen LogP contribution >= 0.6 is 0 Å². The number of hydrogen-bond acceptors (Lipinski definition) is 1. The van der Waals surface area contributed by atoms with Crippen molar-refractivity contribution in [3.05, 3.63) is 77.0 Å². The molecule has 1 aliphatic rings. The van der Waals surface area contributed by atoms with E-state index in [9.17, 15) is 4.79 Å². The first-order chi connectivity index (χ1) is 13.1. The maximum absolute atomic E-state index is 10.9. The Hall–Kier alpha value is -2.81. The van der Waals surface area contributed by atoms with E-state index in [2.05, 4.69) is 54.0 Å². The van der Waals surface area contributed by atoms with E-state index in [0.717, 1.165) is 24.1 Å². The highest BCUT2D eigenvalue weighted by Gasteiger charge is 2.20. The molecule has 0 aliphatic heterocycles. The summed E-state index contributed by atoms with van der Waals surface area (Å²) in [6.45, 7) is 2.11. The van der Waals surface area contributed by atoms with Crippen LogP contribution in [0.15, 0.2) is 54.6 Å². The number of carboxylic acids is 1. The molecule has 0 radical (unpaired) electrons. The van der Waals surface area contributed by atoms with E-state index in [-0.39, 0.29) is 6.42 Å². The van der Waals surface area contributed by atoms with Crippen molar-refractivity contribution in [1.29, 1.82) is 0 Å². The second-order valence-electron chi connectivity index (χ2n) is 7.47. The molecular weight excluding hydrogens is 334 g/mol. The molecule has 138 valence electrons. The van der Waals surface area contributed by atoms with Gasteiger partial charge < -0.3 is 9.67 Å². The second kappa shape index (κ2) is 7.43. The lowest BCUT2D eigenvalue weighted by Crippen LogP contribution is -2.08. The second-order valence-corrected chi connectivity index (χ2v) is 7.47. The van der Waals surface area contributed by atoms with Crippen LogP contribution in [0, 0.1) is 6.92 Å². The highest BCUT2D eigenvalue weighted by atomic mass is 16.4. The summed E-state index contributed by atoms with van der Waals surface area (Å²) in [5.41, 5.74) is 8.79. The molecule has 3 aromatic rings. The number of rotatable bonds is 5. The first-order valence-electron chi connectivity index (χ1n) is 9.73. The van der Waals surface area contributed by atoms with Crippen molar-refractivity contribution >= 4 is 5.97 Å². The zero-order valence-corrected chi connectivity index (χ0v) is 15.7. The number of hydrogen-bond donors (Lipinski definition) is 1. The summed E-state index contributed by atoms with van der Waals surface area (Å²) in [5, 5.41) is 9.00. The summed E-state index contributed by atoms with van der Waals surface area (Å²) in [4.78, 5) is 10.9. The minimum atomic E-state index is -0.751. The SMILES string of the molecule is Cc1ccc(-c2cc3c(n2-c2cccc(CCC(=O)O)c2)CCCC3)cc1. The van der Waals surface area contributed by atoms with Gasteiger partial charge in [0.15, 0.2) is 0 Å². The summed E-state index contributed by atoms with van der Waals surface area (Å²) in [7, 11) is 0. The van der Waals surface area contributed by atoms with Gasteiger partial charge in [0.2, 0.25) is 0 Å². The molecule has 0 amide bonds. The average Bonchev–Trinajstić information content (AvgIpc) is 3.06. The molecule has 1 N–H and O–H groups in total. The van der Waals surface area contributed by atoms with Crippen LogP contribution in [0.25, 0.3) is 16.9 Å². The fourth-order valence-electron chi connectivity index (χ4n) is 4.03. The van der Waals surface area contributed by atoms with Gasteiger partial charge in [-0.3, -0.25) is 4.79 Å². The molecule has 0 spiro atoms. The van der Waals surface area contributed by atoms with Gasteiger partial charge in [0.05, 0.1) is 5.69 Å². The average molecular weight is 359 g/mol. The zero-order valence-electron chi connectivity index (χ0n) is 15.7. The van der Waals surface area contributed by atoms with E-state index in [0.29, 0.717) is 6.42 Å². The molecule has 0 saturated carbocycles. The van der Waals surface area contributed by atoms with Gasteiger partial charge in [-0.15, -0.1) is 0 Å². The van der Waals surface area contributed by atoms with Crippen molar-refractivity contribution in [2.75, 3.05) is 0 Å². The molecular formula is C24H25NO2. The summed E-state index contributed by atoms with van der Waals surface area (Å²) in [5.74, 6) is -0.751. The van der Waals surface area contributed by atoms with Gasteiger partial charge in [0, 0.05) is 17.8 Å². The Labute approximate surface area is 160 Å². The number of aliphatic carboxylic acids is 1. The molecule has 2 aromatic carbocycles. The van der Waals surface area contributed by atoms with Gasteiger partial charge >= 0.3 is 5.97 Å². The predicted octanol–water partition coefficient (Wildman–Crippen LogP) is 5.35. The molecule has 3 heteroatoms. The molecule has 0 bridgehead atoms. The number of aromatic nitrogens is 1. The van der Waals surface area contributed by atoms with Gasteiger partial charge in [-0.25, -0.2) is 0 Å². The van der Waals surface area contributed by atoms with Crippen molar-refractivity contribution in [1.82, 2.24) is 4.57 Å². The standard InChI is InChI=1S/C24H25NO2/c1-17-9-12-19(13-10-17)23-16-20-6-2-3-8-22(20)25(23)21-7-4-5-18(15-21)11-14-24(26)27/h4-5,7,9-10,12-13,15-16H,2-3,6,8,11,14H2,1H3,(H,26,27). The van der Waals surface area contributed by atoms with E-state index in [1.165, 1.54) is 40.9 Å². The van der Waals surface area contributed by atoms with Crippen LogP contribution in [-0.4, -0.2) is 15.6 Å². The largest absolute Gasteiger partial charge is 0.481 e. The normalized spacial score (nSPS) is 13.4. The predicted molar refractivity (Wildman–Crippen MR) is 109 cm³/mol. The molecule has 3 nitrogen and oxygen atoms in total. The highest BCUT2D eigenvalue weighted by molar-refractivity contribution is 5.68. The minimum Gasteiger partial charge on any atom is -0.481 e. The van der Waals surface area contributed by atoms with E-state index in [1.54, 1.807) is 0 Å². The quantitative estimate of drug-likeness (QED) is 0.667. The van der Waals surface area contributed by atoms with Crippen molar-refractivity contribution in [3.8, 4) is 16.9 Å². The first-order valence-corrected chi connectivity index (χ1v) is 9.73. The number of carbonyl (C=O) groups is 1. The lowest BCUT2D eigenvalue weighted by molar-refractivity contribution is -0.136. The topological polar surface area (TPSA) is 42.2 Å². The minimum absolute atomic E-state index is 0.165. The van der Waals surface area contributed by atoms with Gasteiger partial charge in [-0.1, -0.05) is 42.0 Å². The third-order valence-electron chi connectivity index (χ3n) is 5.45. The van der Waals surface area contributed by atoms with Crippen LogP contribution < -0.4 is 0 Å². The monoisotopic (exact) mass is 359 g/mol. The molecule has 0 atom stereocenters. The van der Waals surface area contributed by atoms with Crippen molar-refractivity contribution in [2.24, 2.45) is 0 Å². The van der Waals surface area contributed by atoms with Gasteiger partial charge in [-0.2, -0.15) is 0 Å². The molecule has 1 heterocycles. The van der Waals surface area contributed by atoms with Crippen LogP contribution in [0.2, 0.25) is 0 Å². The summed E-state index contributed by atoms with van der Waals surface area (Å²) < 4.78 is 2.39. The Morgan fingerprint density at radius 2 is 1.81 bits per heavy atom. The van der Waals surface area contributed by atoms with Crippen LogP contribution in [-0.2, 0) is 24.1 Å². The van der Waals surface area contributed by atoms with Gasteiger partial charge in [0.25, 0.3) is 0 Å². The van der Waals surface area contributed by atoms with E-state index < -0.39 is 5.97 Å². The van der Waals surface area contributed by atoms with Crippen molar-refractivity contribution in [2.45, 2.75) is 45.4 Å².